The molecule has 5 unspecified atom stereocenters. The van der Waals surface area contributed by atoms with Crippen LogP contribution in [0, 0.1) is 29.6 Å². The maximum atomic E-state index is 12.2. The first-order valence-electron chi connectivity index (χ1n) is 8.31. The molecule has 0 radical (unpaired) electrons. The Labute approximate surface area is 123 Å². The summed E-state index contributed by atoms with van der Waals surface area (Å²) in [6.07, 6.45) is 7.82. The predicted octanol–water partition coefficient (Wildman–Crippen LogP) is 4.35. The van der Waals surface area contributed by atoms with Gasteiger partial charge in [0, 0.05) is 5.57 Å². The van der Waals surface area contributed by atoms with Crippen molar-refractivity contribution in [1.29, 1.82) is 0 Å². The number of esters is 1. The van der Waals surface area contributed by atoms with E-state index in [1.54, 1.807) is 6.92 Å². The first-order valence-corrected chi connectivity index (χ1v) is 8.31. The Hall–Kier alpha value is -0.790. The highest BCUT2D eigenvalue weighted by Crippen LogP contribution is 2.58. The number of rotatable bonds is 3. The van der Waals surface area contributed by atoms with Gasteiger partial charge in [-0.15, -0.1) is 0 Å². The van der Waals surface area contributed by atoms with E-state index in [9.17, 15) is 4.79 Å². The molecule has 2 heteroatoms. The molecular weight excluding hydrogens is 248 g/mol. The van der Waals surface area contributed by atoms with Crippen molar-refractivity contribution in [3.8, 4) is 0 Å². The highest BCUT2D eigenvalue weighted by atomic mass is 16.6. The lowest BCUT2D eigenvalue weighted by Gasteiger charge is -2.58. The highest BCUT2D eigenvalue weighted by molar-refractivity contribution is 5.87. The Morgan fingerprint density at radius 3 is 2.60 bits per heavy atom. The van der Waals surface area contributed by atoms with Crippen molar-refractivity contribution >= 4 is 5.97 Å². The average molecular weight is 276 g/mol. The summed E-state index contributed by atoms with van der Waals surface area (Å²) in [5, 5.41) is 0. The number of carbonyl (C=O) groups excluding carboxylic acids is 1. The highest BCUT2D eigenvalue weighted by Gasteiger charge is 2.56. The molecule has 3 saturated carbocycles. The van der Waals surface area contributed by atoms with Crippen LogP contribution < -0.4 is 0 Å². The molecular formula is C18H28O2. The molecule has 0 aromatic heterocycles. The molecule has 0 N–H and O–H groups in total. The Kier molecular flexibility index (Phi) is 3.46. The standard InChI is InChI=1S/C18H28O2/c1-11(2)17(19)20-18(12(3)4)10-14-6-5-13-7-15(14)9-16(18)8-13/h12-16H,1,5-10H2,2-4H3. The summed E-state index contributed by atoms with van der Waals surface area (Å²) >= 11 is 0. The van der Waals surface area contributed by atoms with Gasteiger partial charge in [0.2, 0.25) is 0 Å². The van der Waals surface area contributed by atoms with E-state index in [-0.39, 0.29) is 11.6 Å². The van der Waals surface area contributed by atoms with Crippen LogP contribution in [-0.2, 0) is 9.53 Å². The molecule has 0 aromatic rings. The monoisotopic (exact) mass is 276 g/mol. The minimum Gasteiger partial charge on any atom is -0.455 e. The van der Waals surface area contributed by atoms with Crippen molar-refractivity contribution in [3.05, 3.63) is 12.2 Å². The summed E-state index contributed by atoms with van der Waals surface area (Å²) in [6.45, 7) is 9.98. The zero-order valence-electron chi connectivity index (χ0n) is 13.2. The van der Waals surface area contributed by atoms with Gasteiger partial charge in [-0.2, -0.15) is 0 Å². The second kappa shape index (κ2) is 4.89. The average Bonchev–Trinajstić information content (AvgIpc) is 2.38. The van der Waals surface area contributed by atoms with Crippen molar-refractivity contribution in [2.45, 2.75) is 64.9 Å². The van der Waals surface area contributed by atoms with Gasteiger partial charge in [-0.1, -0.05) is 26.8 Å². The van der Waals surface area contributed by atoms with Crippen LogP contribution in [0.1, 0.15) is 59.3 Å². The first kappa shape index (κ1) is 14.2. The third kappa shape index (κ3) is 2.12. The van der Waals surface area contributed by atoms with E-state index >= 15 is 0 Å². The van der Waals surface area contributed by atoms with Crippen molar-refractivity contribution in [1.82, 2.24) is 0 Å². The van der Waals surface area contributed by atoms with Gasteiger partial charge in [0.05, 0.1) is 0 Å². The number of carbonyl (C=O) groups is 1. The van der Waals surface area contributed by atoms with Gasteiger partial charge >= 0.3 is 5.97 Å². The SMILES string of the molecule is C=C(C)C(=O)OC1(C(C)C)CC2CCC3CC2CC1C3. The molecule has 3 aliphatic carbocycles. The quantitative estimate of drug-likeness (QED) is 0.566. The molecule has 3 aliphatic rings. The number of hydrogen-bond donors (Lipinski definition) is 0. The maximum absolute atomic E-state index is 12.2. The van der Waals surface area contributed by atoms with Crippen LogP contribution in [0.4, 0.5) is 0 Å². The second-order valence-corrected chi connectivity index (χ2v) is 7.85. The van der Waals surface area contributed by atoms with Gasteiger partial charge in [0.25, 0.3) is 0 Å². The maximum Gasteiger partial charge on any atom is 0.333 e. The molecule has 3 bridgehead atoms. The summed E-state index contributed by atoms with van der Waals surface area (Å²) in [7, 11) is 0. The van der Waals surface area contributed by atoms with Gasteiger partial charge in [0.1, 0.15) is 5.60 Å². The zero-order valence-corrected chi connectivity index (χ0v) is 13.2. The van der Waals surface area contributed by atoms with Crippen LogP contribution in [0.3, 0.4) is 0 Å². The lowest BCUT2D eigenvalue weighted by molar-refractivity contribution is -0.196. The first-order chi connectivity index (χ1) is 9.42. The fraction of sp³-hybridized carbons (Fsp3) is 0.833. The van der Waals surface area contributed by atoms with Gasteiger partial charge < -0.3 is 4.74 Å². The minimum absolute atomic E-state index is 0.182. The van der Waals surface area contributed by atoms with E-state index < -0.39 is 0 Å². The molecule has 0 aliphatic heterocycles. The third-order valence-electron chi connectivity index (χ3n) is 6.33. The van der Waals surface area contributed by atoms with E-state index in [0.717, 1.165) is 24.2 Å². The van der Waals surface area contributed by atoms with Gasteiger partial charge in [-0.3, -0.25) is 0 Å². The van der Waals surface area contributed by atoms with Gasteiger partial charge in [0.15, 0.2) is 0 Å². The molecule has 0 aromatic carbocycles. The van der Waals surface area contributed by atoms with Gasteiger partial charge in [-0.05, 0) is 68.6 Å². The lowest BCUT2D eigenvalue weighted by Crippen LogP contribution is -2.57. The molecule has 0 heterocycles. The van der Waals surface area contributed by atoms with Crippen LogP contribution in [0.5, 0.6) is 0 Å². The number of fused-ring (bicyclic) bond motifs is 2. The Morgan fingerprint density at radius 1 is 1.20 bits per heavy atom. The summed E-state index contributed by atoms with van der Waals surface area (Å²) in [4.78, 5) is 12.2. The molecule has 3 rings (SSSR count). The molecule has 5 atom stereocenters. The number of hydrogen-bond acceptors (Lipinski definition) is 2. The fourth-order valence-corrected chi connectivity index (χ4v) is 5.24. The summed E-state index contributed by atoms with van der Waals surface area (Å²) in [5.74, 6) is 3.36. The van der Waals surface area contributed by atoms with Crippen molar-refractivity contribution in [2.24, 2.45) is 29.6 Å². The largest absolute Gasteiger partial charge is 0.455 e. The molecule has 20 heavy (non-hydrogen) atoms. The molecule has 0 saturated heterocycles. The van der Waals surface area contributed by atoms with Crippen LogP contribution in [0.2, 0.25) is 0 Å². The summed E-state index contributed by atoms with van der Waals surface area (Å²) in [6, 6.07) is 0. The predicted molar refractivity (Wildman–Crippen MR) is 80.1 cm³/mol. The van der Waals surface area contributed by atoms with Crippen LogP contribution >= 0.6 is 0 Å². The molecule has 2 nitrogen and oxygen atoms in total. The van der Waals surface area contributed by atoms with E-state index in [2.05, 4.69) is 20.4 Å². The molecule has 0 amide bonds. The van der Waals surface area contributed by atoms with Gasteiger partial charge in [-0.25, -0.2) is 4.79 Å². The molecule has 112 valence electrons. The van der Waals surface area contributed by atoms with Crippen molar-refractivity contribution < 1.29 is 9.53 Å². The molecule has 3 fully saturated rings. The third-order valence-corrected chi connectivity index (χ3v) is 6.33. The Balaban J connectivity index is 1.90. The van der Waals surface area contributed by atoms with Crippen LogP contribution in [0.15, 0.2) is 12.2 Å². The number of ether oxygens (including phenoxy) is 1. The van der Waals surface area contributed by atoms with Crippen molar-refractivity contribution in [2.75, 3.05) is 0 Å². The Morgan fingerprint density at radius 2 is 1.95 bits per heavy atom. The van der Waals surface area contributed by atoms with E-state index in [1.165, 1.54) is 32.1 Å². The van der Waals surface area contributed by atoms with E-state index in [1.807, 2.05) is 0 Å². The van der Waals surface area contributed by atoms with Crippen molar-refractivity contribution in [3.63, 3.8) is 0 Å². The van der Waals surface area contributed by atoms with Crippen LogP contribution in [-0.4, -0.2) is 11.6 Å². The zero-order chi connectivity index (χ0) is 14.5. The molecule has 0 spiro atoms. The smallest absolute Gasteiger partial charge is 0.333 e. The lowest BCUT2D eigenvalue weighted by atomic mass is 9.51. The van der Waals surface area contributed by atoms with E-state index in [4.69, 9.17) is 4.74 Å². The second-order valence-electron chi connectivity index (χ2n) is 7.85. The fourth-order valence-electron chi connectivity index (χ4n) is 5.24. The Bertz CT molecular complexity index is 423. The summed E-state index contributed by atoms with van der Waals surface area (Å²) < 4.78 is 6.10. The normalized spacial score (nSPS) is 42.6. The topological polar surface area (TPSA) is 26.3 Å². The summed E-state index contributed by atoms with van der Waals surface area (Å²) in [5.41, 5.74) is 0.309. The minimum atomic E-state index is -0.226. The van der Waals surface area contributed by atoms with Crippen LogP contribution in [0.25, 0.3) is 0 Å². The van der Waals surface area contributed by atoms with E-state index in [0.29, 0.717) is 17.4 Å².